The number of fused-ring (bicyclic) bond motifs is 1. The smallest absolute Gasteiger partial charge is 0.254 e. The average Bonchev–Trinajstić information content (AvgIpc) is 3.09. The molecule has 0 spiro atoms. The molecule has 6 heteroatoms. The van der Waals surface area contributed by atoms with Crippen LogP contribution in [0.15, 0.2) is 48.5 Å². The number of rotatable bonds is 5. The standard InChI is InChI=1S/C23H25N3O3/c1-4-25(15-19-6-5-7-21-22(19)29-13-12-28-21)23(27)18-8-10-20(11-9-18)26-17(3)14-16(2)24-26/h5-11,14H,4,12-13,15H2,1-3H3. The number of nitrogens with zero attached hydrogens (tertiary/aromatic N) is 3. The Kier molecular flexibility index (Phi) is 5.25. The lowest BCUT2D eigenvalue weighted by Crippen LogP contribution is -2.31. The molecule has 0 radical (unpaired) electrons. The molecule has 150 valence electrons. The number of amides is 1. The second-order valence-corrected chi connectivity index (χ2v) is 7.15. The van der Waals surface area contributed by atoms with Crippen LogP contribution in [0.5, 0.6) is 11.5 Å². The molecule has 0 bridgehead atoms. The van der Waals surface area contributed by atoms with Crippen molar-refractivity contribution in [2.75, 3.05) is 19.8 Å². The summed E-state index contributed by atoms with van der Waals surface area (Å²) in [5.74, 6) is 1.47. The molecule has 0 fully saturated rings. The SMILES string of the molecule is CCN(Cc1cccc2c1OCCO2)C(=O)c1ccc(-n2nc(C)cc2C)cc1. The van der Waals surface area contributed by atoms with Gasteiger partial charge >= 0.3 is 0 Å². The number of hydrogen-bond donors (Lipinski definition) is 0. The van der Waals surface area contributed by atoms with Crippen molar-refractivity contribution in [3.05, 3.63) is 71.0 Å². The molecular weight excluding hydrogens is 366 g/mol. The molecule has 0 aliphatic carbocycles. The number of carbonyl (C=O) groups is 1. The first-order chi connectivity index (χ1) is 14.1. The van der Waals surface area contributed by atoms with Crippen LogP contribution < -0.4 is 9.47 Å². The van der Waals surface area contributed by atoms with E-state index in [4.69, 9.17) is 9.47 Å². The predicted molar refractivity (Wildman–Crippen MR) is 111 cm³/mol. The Labute approximate surface area is 170 Å². The minimum Gasteiger partial charge on any atom is -0.486 e. The summed E-state index contributed by atoms with van der Waals surface area (Å²) in [6.45, 7) is 8.12. The quantitative estimate of drug-likeness (QED) is 0.661. The highest BCUT2D eigenvalue weighted by Crippen LogP contribution is 2.34. The molecule has 1 aliphatic rings. The molecule has 2 aromatic carbocycles. The van der Waals surface area contributed by atoms with E-state index in [1.54, 1.807) is 0 Å². The van der Waals surface area contributed by atoms with Gasteiger partial charge in [-0.3, -0.25) is 4.79 Å². The molecule has 0 unspecified atom stereocenters. The van der Waals surface area contributed by atoms with Gasteiger partial charge < -0.3 is 14.4 Å². The van der Waals surface area contributed by atoms with Crippen LogP contribution in [0.1, 0.15) is 34.2 Å². The molecule has 2 heterocycles. The summed E-state index contributed by atoms with van der Waals surface area (Å²) in [6.07, 6.45) is 0. The van der Waals surface area contributed by atoms with Gasteiger partial charge in [0.15, 0.2) is 11.5 Å². The van der Waals surface area contributed by atoms with E-state index in [9.17, 15) is 4.79 Å². The van der Waals surface area contributed by atoms with Crippen molar-refractivity contribution in [2.45, 2.75) is 27.3 Å². The molecule has 0 atom stereocenters. The Bertz CT molecular complexity index is 1020. The largest absolute Gasteiger partial charge is 0.486 e. The Morgan fingerprint density at radius 3 is 2.55 bits per heavy atom. The third-order valence-corrected chi connectivity index (χ3v) is 5.05. The number of carbonyl (C=O) groups excluding carboxylic acids is 1. The van der Waals surface area contributed by atoms with Crippen LogP contribution in [-0.4, -0.2) is 40.3 Å². The molecule has 6 nitrogen and oxygen atoms in total. The molecule has 0 saturated heterocycles. The number of aromatic nitrogens is 2. The number of para-hydroxylation sites is 1. The van der Waals surface area contributed by atoms with Gasteiger partial charge in [-0.2, -0.15) is 5.10 Å². The first-order valence-electron chi connectivity index (χ1n) is 9.87. The maximum Gasteiger partial charge on any atom is 0.254 e. The van der Waals surface area contributed by atoms with E-state index in [0.29, 0.717) is 31.9 Å². The minimum absolute atomic E-state index is 0.0123. The van der Waals surface area contributed by atoms with Crippen LogP contribution in [0.25, 0.3) is 5.69 Å². The normalized spacial score (nSPS) is 12.7. The van der Waals surface area contributed by atoms with Gasteiger partial charge in [0.05, 0.1) is 11.4 Å². The van der Waals surface area contributed by atoms with Gasteiger partial charge in [0, 0.05) is 29.9 Å². The van der Waals surface area contributed by atoms with Crippen LogP contribution in [0.2, 0.25) is 0 Å². The first kappa shape index (κ1) is 19.1. The molecule has 1 amide bonds. The second-order valence-electron chi connectivity index (χ2n) is 7.15. The van der Waals surface area contributed by atoms with E-state index in [1.807, 2.05) is 78.9 Å². The lowest BCUT2D eigenvalue weighted by atomic mass is 10.1. The third kappa shape index (κ3) is 3.83. The van der Waals surface area contributed by atoms with E-state index < -0.39 is 0 Å². The predicted octanol–water partition coefficient (Wildman–Crippen LogP) is 3.92. The number of hydrogen-bond acceptors (Lipinski definition) is 4. The van der Waals surface area contributed by atoms with Crippen molar-refractivity contribution >= 4 is 5.91 Å². The molecule has 1 aliphatic heterocycles. The highest BCUT2D eigenvalue weighted by molar-refractivity contribution is 5.94. The molecule has 1 aromatic heterocycles. The van der Waals surface area contributed by atoms with Gasteiger partial charge in [0.1, 0.15) is 13.2 Å². The third-order valence-electron chi connectivity index (χ3n) is 5.05. The lowest BCUT2D eigenvalue weighted by Gasteiger charge is -2.25. The Balaban J connectivity index is 1.54. The van der Waals surface area contributed by atoms with Crippen LogP contribution in [0.4, 0.5) is 0 Å². The van der Waals surface area contributed by atoms with Gasteiger partial charge in [-0.25, -0.2) is 4.68 Å². The molecule has 0 saturated carbocycles. The first-order valence-corrected chi connectivity index (χ1v) is 9.87. The van der Waals surface area contributed by atoms with Gasteiger partial charge in [0.2, 0.25) is 0 Å². The van der Waals surface area contributed by atoms with Crippen LogP contribution in [-0.2, 0) is 6.54 Å². The van der Waals surface area contributed by atoms with Gasteiger partial charge in [-0.1, -0.05) is 12.1 Å². The summed E-state index contributed by atoms with van der Waals surface area (Å²) in [5.41, 5.74) is 4.58. The number of ether oxygens (including phenoxy) is 2. The Morgan fingerprint density at radius 1 is 1.10 bits per heavy atom. The fourth-order valence-electron chi connectivity index (χ4n) is 3.61. The van der Waals surface area contributed by atoms with Crippen molar-refractivity contribution in [3.63, 3.8) is 0 Å². The van der Waals surface area contributed by atoms with Crippen molar-refractivity contribution in [1.82, 2.24) is 14.7 Å². The fourth-order valence-corrected chi connectivity index (χ4v) is 3.61. The Hall–Kier alpha value is -3.28. The maximum atomic E-state index is 13.1. The Morgan fingerprint density at radius 2 is 1.86 bits per heavy atom. The highest BCUT2D eigenvalue weighted by Gasteiger charge is 2.20. The highest BCUT2D eigenvalue weighted by atomic mass is 16.6. The van der Waals surface area contributed by atoms with Crippen LogP contribution in [0.3, 0.4) is 0 Å². The monoisotopic (exact) mass is 391 g/mol. The van der Waals surface area contributed by atoms with Crippen molar-refractivity contribution < 1.29 is 14.3 Å². The number of benzene rings is 2. The zero-order valence-corrected chi connectivity index (χ0v) is 17.0. The zero-order chi connectivity index (χ0) is 20.4. The summed E-state index contributed by atoms with van der Waals surface area (Å²) < 4.78 is 13.3. The van der Waals surface area contributed by atoms with Crippen LogP contribution in [0, 0.1) is 13.8 Å². The van der Waals surface area contributed by atoms with Gasteiger partial charge in [-0.05, 0) is 57.2 Å². The van der Waals surface area contributed by atoms with Gasteiger partial charge in [0.25, 0.3) is 5.91 Å². The van der Waals surface area contributed by atoms with E-state index >= 15 is 0 Å². The minimum atomic E-state index is -0.0123. The van der Waals surface area contributed by atoms with E-state index in [0.717, 1.165) is 34.1 Å². The summed E-state index contributed by atoms with van der Waals surface area (Å²) in [7, 11) is 0. The van der Waals surface area contributed by atoms with Crippen molar-refractivity contribution in [2.24, 2.45) is 0 Å². The summed E-state index contributed by atoms with van der Waals surface area (Å²) in [4.78, 5) is 14.9. The van der Waals surface area contributed by atoms with E-state index in [1.165, 1.54) is 0 Å². The van der Waals surface area contributed by atoms with Crippen molar-refractivity contribution in [3.8, 4) is 17.2 Å². The second kappa shape index (κ2) is 7.99. The molecule has 3 aromatic rings. The van der Waals surface area contributed by atoms with E-state index in [-0.39, 0.29) is 5.91 Å². The topological polar surface area (TPSA) is 56.6 Å². The summed E-state index contributed by atoms with van der Waals surface area (Å²) in [6, 6.07) is 15.4. The summed E-state index contributed by atoms with van der Waals surface area (Å²) in [5, 5.41) is 4.50. The fraction of sp³-hybridized carbons (Fsp3) is 0.304. The lowest BCUT2D eigenvalue weighted by molar-refractivity contribution is 0.0749. The molecule has 4 rings (SSSR count). The molecule has 0 N–H and O–H groups in total. The molecule has 29 heavy (non-hydrogen) atoms. The maximum absolute atomic E-state index is 13.1. The summed E-state index contributed by atoms with van der Waals surface area (Å²) >= 11 is 0. The van der Waals surface area contributed by atoms with Crippen molar-refractivity contribution in [1.29, 1.82) is 0 Å². The number of aryl methyl sites for hydroxylation is 2. The van der Waals surface area contributed by atoms with E-state index in [2.05, 4.69) is 5.10 Å². The average molecular weight is 391 g/mol. The zero-order valence-electron chi connectivity index (χ0n) is 17.0. The van der Waals surface area contributed by atoms with Crippen LogP contribution >= 0.6 is 0 Å². The van der Waals surface area contributed by atoms with Gasteiger partial charge in [-0.15, -0.1) is 0 Å². The molecular formula is C23H25N3O3.